The molecule has 1 heterocycles. The molecule has 0 N–H and O–H groups in total. The zero-order valence-electron chi connectivity index (χ0n) is 12.4. The highest BCUT2D eigenvalue weighted by Gasteiger charge is 2.07. The summed E-state index contributed by atoms with van der Waals surface area (Å²) in [5.41, 5.74) is 2.99. The van der Waals surface area contributed by atoms with Gasteiger partial charge in [-0.2, -0.15) is 5.10 Å². The van der Waals surface area contributed by atoms with E-state index in [0.29, 0.717) is 0 Å². The number of hydrogen-bond donors (Lipinski definition) is 0. The lowest BCUT2D eigenvalue weighted by atomic mass is 10.1. The van der Waals surface area contributed by atoms with E-state index in [2.05, 4.69) is 21.0 Å². The van der Waals surface area contributed by atoms with Gasteiger partial charge in [-0.15, -0.1) is 0 Å². The molecule has 0 saturated heterocycles. The molecule has 2 aromatic carbocycles. The molecule has 0 spiro atoms. The number of nitrogens with zero attached hydrogens (tertiary/aromatic N) is 2. The predicted octanol–water partition coefficient (Wildman–Crippen LogP) is 4.06. The van der Waals surface area contributed by atoms with E-state index < -0.39 is 0 Å². The summed E-state index contributed by atoms with van der Waals surface area (Å²) in [7, 11) is 0. The minimum absolute atomic E-state index is 0.101. The predicted molar refractivity (Wildman–Crippen MR) is 91.6 cm³/mol. The van der Waals surface area contributed by atoms with Gasteiger partial charge in [-0.05, 0) is 23.3 Å². The summed E-state index contributed by atoms with van der Waals surface area (Å²) in [5, 5.41) is 4.21. The molecule has 3 rings (SSSR count). The lowest BCUT2D eigenvalue weighted by Gasteiger charge is -2.05. The fourth-order valence-electron chi connectivity index (χ4n) is 2.16. The molecule has 0 aliphatic carbocycles. The summed E-state index contributed by atoms with van der Waals surface area (Å²) < 4.78 is 7.87. The van der Waals surface area contributed by atoms with E-state index in [9.17, 15) is 4.79 Å². The number of carbonyl (C=O) groups is 1. The van der Waals surface area contributed by atoms with Crippen molar-refractivity contribution in [2.75, 3.05) is 0 Å². The van der Waals surface area contributed by atoms with Crippen molar-refractivity contribution in [3.05, 3.63) is 77.0 Å². The van der Waals surface area contributed by atoms with Crippen LogP contribution in [0.1, 0.15) is 5.56 Å². The van der Waals surface area contributed by atoms with Crippen molar-refractivity contribution in [2.45, 2.75) is 13.2 Å². The Hall–Kier alpha value is -2.40. The number of aromatic nitrogens is 2. The van der Waals surface area contributed by atoms with Gasteiger partial charge >= 0.3 is 5.97 Å². The number of esters is 1. The van der Waals surface area contributed by atoms with E-state index in [0.717, 1.165) is 21.2 Å². The summed E-state index contributed by atoms with van der Waals surface area (Å²) in [5.74, 6) is -0.306. The van der Waals surface area contributed by atoms with Crippen molar-refractivity contribution in [1.82, 2.24) is 9.78 Å². The number of hydrogen-bond acceptors (Lipinski definition) is 3. The van der Waals surface area contributed by atoms with Gasteiger partial charge in [-0.1, -0.05) is 58.4 Å². The van der Waals surface area contributed by atoms with Gasteiger partial charge in [0.25, 0.3) is 0 Å². The quantitative estimate of drug-likeness (QED) is 0.636. The molecule has 0 unspecified atom stereocenters. The lowest BCUT2D eigenvalue weighted by Crippen LogP contribution is -2.13. The zero-order valence-corrected chi connectivity index (χ0v) is 13.9. The number of halogens is 1. The minimum Gasteiger partial charge on any atom is -0.459 e. The fourth-order valence-corrected chi connectivity index (χ4v) is 2.42. The lowest BCUT2D eigenvalue weighted by molar-refractivity contribution is -0.145. The molecule has 0 radical (unpaired) electrons. The first-order chi connectivity index (χ1) is 11.2. The fraction of sp³-hybridized carbons (Fsp3) is 0.111. The van der Waals surface area contributed by atoms with Crippen molar-refractivity contribution in [1.29, 1.82) is 0 Å². The van der Waals surface area contributed by atoms with Crippen molar-refractivity contribution in [3.8, 4) is 11.1 Å². The second-order valence-electron chi connectivity index (χ2n) is 5.08. The highest BCUT2D eigenvalue weighted by Crippen LogP contribution is 2.21. The molecule has 3 aromatic rings. The number of carbonyl (C=O) groups excluding carboxylic acids is 1. The van der Waals surface area contributed by atoms with Gasteiger partial charge in [-0.25, -0.2) is 0 Å². The Kier molecular flexibility index (Phi) is 4.88. The second kappa shape index (κ2) is 7.24. The molecule has 4 nitrogen and oxygen atoms in total. The van der Waals surface area contributed by atoms with E-state index >= 15 is 0 Å². The molecule has 116 valence electrons. The Morgan fingerprint density at radius 3 is 2.52 bits per heavy atom. The van der Waals surface area contributed by atoms with Gasteiger partial charge in [0.05, 0.1) is 6.20 Å². The highest BCUT2D eigenvalue weighted by molar-refractivity contribution is 9.10. The summed E-state index contributed by atoms with van der Waals surface area (Å²) in [6.45, 7) is 0.379. The molecule has 0 amide bonds. The first-order valence-corrected chi connectivity index (χ1v) is 7.98. The molecule has 1 aromatic heterocycles. The van der Waals surface area contributed by atoms with Crippen molar-refractivity contribution >= 4 is 21.9 Å². The van der Waals surface area contributed by atoms with Crippen LogP contribution < -0.4 is 0 Å². The Balaban J connectivity index is 1.58. The average Bonchev–Trinajstić information content (AvgIpc) is 3.03. The maximum absolute atomic E-state index is 11.9. The minimum atomic E-state index is -0.306. The van der Waals surface area contributed by atoms with E-state index in [1.54, 1.807) is 10.9 Å². The maximum atomic E-state index is 11.9. The molecule has 0 atom stereocenters. The largest absolute Gasteiger partial charge is 0.459 e. The Morgan fingerprint density at radius 2 is 1.78 bits per heavy atom. The summed E-state index contributed by atoms with van der Waals surface area (Å²) in [4.78, 5) is 11.9. The Labute approximate surface area is 142 Å². The van der Waals surface area contributed by atoms with Gasteiger partial charge < -0.3 is 4.74 Å². The van der Waals surface area contributed by atoms with Crippen LogP contribution in [-0.4, -0.2) is 15.7 Å². The molecule has 0 aliphatic heterocycles. The van der Waals surface area contributed by atoms with Gasteiger partial charge in [0, 0.05) is 16.2 Å². The normalized spacial score (nSPS) is 10.5. The van der Waals surface area contributed by atoms with Gasteiger partial charge in [0.1, 0.15) is 13.2 Å². The maximum Gasteiger partial charge on any atom is 0.328 e. The molecular weight excluding hydrogens is 356 g/mol. The van der Waals surface area contributed by atoms with Gasteiger partial charge in [-0.3, -0.25) is 9.48 Å². The van der Waals surface area contributed by atoms with Crippen LogP contribution >= 0.6 is 15.9 Å². The van der Waals surface area contributed by atoms with Gasteiger partial charge in [0.15, 0.2) is 0 Å². The molecule has 0 bridgehead atoms. The van der Waals surface area contributed by atoms with E-state index in [4.69, 9.17) is 4.74 Å². The van der Waals surface area contributed by atoms with Crippen LogP contribution in [0.2, 0.25) is 0 Å². The first-order valence-electron chi connectivity index (χ1n) is 7.19. The molecule has 0 aliphatic rings. The smallest absolute Gasteiger partial charge is 0.328 e. The van der Waals surface area contributed by atoms with Crippen LogP contribution in [-0.2, 0) is 22.7 Å². The van der Waals surface area contributed by atoms with Crippen LogP contribution in [0.15, 0.2) is 71.5 Å². The molecule has 5 heteroatoms. The van der Waals surface area contributed by atoms with E-state index in [-0.39, 0.29) is 19.1 Å². The summed E-state index contributed by atoms with van der Waals surface area (Å²) in [6.07, 6.45) is 3.58. The Morgan fingerprint density at radius 1 is 1.04 bits per heavy atom. The highest BCUT2D eigenvalue weighted by atomic mass is 79.9. The molecular formula is C18H15BrN2O2. The number of benzene rings is 2. The van der Waals surface area contributed by atoms with Crippen molar-refractivity contribution in [2.24, 2.45) is 0 Å². The third-order valence-corrected chi connectivity index (χ3v) is 3.87. The molecule has 23 heavy (non-hydrogen) atoms. The van der Waals surface area contributed by atoms with Crippen LogP contribution in [0.5, 0.6) is 0 Å². The monoisotopic (exact) mass is 370 g/mol. The Bertz CT molecular complexity index is 782. The summed E-state index contributed by atoms with van der Waals surface area (Å²) in [6, 6.07) is 17.6. The topological polar surface area (TPSA) is 44.1 Å². The van der Waals surface area contributed by atoms with E-state index in [1.807, 2.05) is 60.8 Å². The molecule has 0 fully saturated rings. The SMILES string of the molecule is O=C(Cn1cc(-c2ccc(Br)cc2)cn1)OCc1ccccc1. The van der Waals surface area contributed by atoms with Crippen LogP contribution in [0.3, 0.4) is 0 Å². The third kappa shape index (κ3) is 4.29. The first kappa shape index (κ1) is 15.5. The van der Waals surface area contributed by atoms with Gasteiger partial charge in [0.2, 0.25) is 0 Å². The average molecular weight is 371 g/mol. The number of ether oxygens (including phenoxy) is 1. The zero-order chi connectivity index (χ0) is 16.1. The van der Waals surface area contributed by atoms with Crippen molar-refractivity contribution in [3.63, 3.8) is 0 Å². The third-order valence-electron chi connectivity index (χ3n) is 3.34. The standard InChI is InChI=1S/C18H15BrN2O2/c19-17-8-6-15(7-9-17)16-10-20-21(11-16)12-18(22)23-13-14-4-2-1-3-5-14/h1-11H,12-13H2. The second-order valence-corrected chi connectivity index (χ2v) is 6.00. The van der Waals surface area contributed by atoms with Crippen LogP contribution in [0.4, 0.5) is 0 Å². The number of rotatable bonds is 5. The van der Waals surface area contributed by atoms with E-state index in [1.165, 1.54) is 0 Å². The van der Waals surface area contributed by atoms with Crippen LogP contribution in [0, 0.1) is 0 Å². The van der Waals surface area contributed by atoms with Crippen LogP contribution in [0.25, 0.3) is 11.1 Å². The van der Waals surface area contributed by atoms with Crippen molar-refractivity contribution < 1.29 is 9.53 Å². The molecule has 0 saturated carbocycles. The summed E-state index contributed by atoms with van der Waals surface area (Å²) >= 11 is 3.41.